The van der Waals surface area contributed by atoms with Crippen molar-refractivity contribution in [2.24, 2.45) is 5.73 Å². The van der Waals surface area contributed by atoms with Gasteiger partial charge < -0.3 is 15.5 Å². The molecule has 1 atom stereocenters. The molecular formula is C26H25Cl2N3O2. The van der Waals surface area contributed by atoms with E-state index in [1.165, 1.54) is 0 Å². The van der Waals surface area contributed by atoms with Crippen LogP contribution in [0.5, 0.6) is 0 Å². The molecule has 0 spiro atoms. The Labute approximate surface area is 203 Å². The molecule has 2 amide bonds. The predicted molar refractivity (Wildman–Crippen MR) is 132 cm³/mol. The Kier molecular flexibility index (Phi) is 6.75. The molecule has 4 rings (SSSR count). The molecule has 0 bridgehead atoms. The van der Waals surface area contributed by atoms with E-state index in [9.17, 15) is 9.59 Å². The summed E-state index contributed by atoms with van der Waals surface area (Å²) in [5.41, 5.74) is 11.8. The molecule has 1 heterocycles. The molecule has 5 nitrogen and oxygen atoms in total. The summed E-state index contributed by atoms with van der Waals surface area (Å²) in [6.07, 6.45) is 0.347. The fourth-order valence-electron chi connectivity index (χ4n) is 4.07. The highest BCUT2D eigenvalue weighted by atomic mass is 35.5. The molecular weight excluding hydrogens is 457 g/mol. The lowest BCUT2D eigenvalue weighted by molar-refractivity contribution is -0.133. The van der Waals surface area contributed by atoms with Crippen LogP contribution >= 0.6 is 23.2 Å². The second-order valence-corrected chi connectivity index (χ2v) is 9.35. The lowest BCUT2D eigenvalue weighted by Crippen LogP contribution is -2.42. The maximum Gasteiger partial charge on any atom is 0.253 e. The zero-order valence-electron chi connectivity index (χ0n) is 18.5. The molecule has 3 aromatic carbocycles. The van der Waals surface area contributed by atoms with Gasteiger partial charge in [-0.05, 0) is 64.6 Å². The van der Waals surface area contributed by atoms with Gasteiger partial charge in [0.15, 0.2) is 0 Å². The molecule has 0 fully saturated rings. The largest absolute Gasteiger partial charge is 0.345 e. The molecule has 0 aromatic heterocycles. The lowest BCUT2D eigenvalue weighted by atomic mass is 9.99. The average Bonchev–Trinajstić information content (AvgIpc) is 3.23. The van der Waals surface area contributed by atoms with Gasteiger partial charge in [-0.1, -0.05) is 53.5 Å². The van der Waals surface area contributed by atoms with Crippen LogP contribution in [-0.2, 0) is 24.3 Å². The van der Waals surface area contributed by atoms with Gasteiger partial charge in [0, 0.05) is 42.8 Å². The molecule has 2 N–H and O–H groups in total. The van der Waals surface area contributed by atoms with Crippen LogP contribution in [0.15, 0.2) is 60.7 Å². The Morgan fingerprint density at radius 2 is 1.70 bits per heavy atom. The van der Waals surface area contributed by atoms with Gasteiger partial charge in [0.05, 0.1) is 6.04 Å². The topological polar surface area (TPSA) is 66.6 Å². The van der Waals surface area contributed by atoms with Crippen molar-refractivity contribution < 1.29 is 9.59 Å². The van der Waals surface area contributed by atoms with E-state index in [4.69, 9.17) is 28.9 Å². The Morgan fingerprint density at radius 1 is 0.970 bits per heavy atom. The number of nitrogens with two attached hydrogens (primary N) is 1. The normalized spacial score (nSPS) is 13.5. The quantitative estimate of drug-likeness (QED) is 0.570. The van der Waals surface area contributed by atoms with E-state index in [-0.39, 0.29) is 11.8 Å². The number of fused-ring (bicyclic) bond motifs is 1. The smallest absolute Gasteiger partial charge is 0.253 e. The highest BCUT2D eigenvalue weighted by molar-refractivity contribution is 6.35. The van der Waals surface area contributed by atoms with Gasteiger partial charge >= 0.3 is 0 Å². The number of amides is 2. The number of carbonyl (C=O) groups excluding carboxylic acids is 2. The van der Waals surface area contributed by atoms with Crippen molar-refractivity contribution in [3.63, 3.8) is 0 Å². The van der Waals surface area contributed by atoms with Crippen molar-refractivity contribution in [3.8, 4) is 11.1 Å². The van der Waals surface area contributed by atoms with Crippen LogP contribution in [0.1, 0.15) is 27.0 Å². The summed E-state index contributed by atoms with van der Waals surface area (Å²) in [6, 6.07) is 18.3. The minimum Gasteiger partial charge on any atom is -0.345 e. The van der Waals surface area contributed by atoms with E-state index >= 15 is 0 Å². The van der Waals surface area contributed by atoms with Crippen LogP contribution in [-0.4, -0.2) is 41.8 Å². The highest BCUT2D eigenvalue weighted by Crippen LogP contribution is 2.30. The minimum atomic E-state index is -0.689. The van der Waals surface area contributed by atoms with Crippen molar-refractivity contribution in [2.45, 2.75) is 25.6 Å². The third-order valence-electron chi connectivity index (χ3n) is 5.86. The summed E-state index contributed by atoms with van der Waals surface area (Å²) in [6.45, 7) is 1.02. The molecule has 1 unspecified atom stereocenters. The van der Waals surface area contributed by atoms with E-state index in [1.807, 2.05) is 36.4 Å². The molecule has 170 valence electrons. The molecule has 0 saturated heterocycles. The number of carbonyl (C=O) groups is 2. The van der Waals surface area contributed by atoms with Crippen LogP contribution in [0.25, 0.3) is 11.1 Å². The summed E-state index contributed by atoms with van der Waals surface area (Å²) >= 11 is 12.2. The maximum absolute atomic E-state index is 13.0. The van der Waals surface area contributed by atoms with Crippen molar-refractivity contribution in [1.82, 2.24) is 9.80 Å². The van der Waals surface area contributed by atoms with Crippen LogP contribution in [0, 0.1) is 0 Å². The van der Waals surface area contributed by atoms with Crippen molar-refractivity contribution >= 4 is 35.0 Å². The van der Waals surface area contributed by atoms with Crippen LogP contribution < -0.4 is 5.73 Å². The van der Waals surface area contributed by atoms with Crippen LogP contribution in [0.4, 0.5) is 0 Å². The summed E-state index contributed by atoms with van der Waals surface area (Å²) in [4.78, 5) is 28.7. The molecule has 7 heteroatoms. The Morgan fingerprint density at radius 3 is 2.42 bits per heavy atom. The van der Waals surface area contributed by atoms with E-state index in [0.717, 1.165) is 27.8 Å². The number of hydrogen-bond donors (Lipinski definition) is 1. The molecule has 1 aliphatic heterocycles. The number of hydrogen-bond acceptors (Lipinski definition) is 3. The first-order valence-electron chi connectivity index (χ1n) is 10.6. The Balaban J connectivity index is 1.48. The first-order chi connectivity index (χ1) is 15.7. The Hall–Kier alpha value is -2.86. The zero-order valence-corrected chi connectivity index (χ0v) is 20.0. The number of rotatable bonds is 5. The van der Waals surface area contributed by atoms with Crippen molar-refractivity contribution in [1.29, 1.82) is 0 Å². The molecule has 3 aromatic rings. The molecule has 0 radical (unpaired) electrons. The number of halogens is 2. The fraction of sp³-hybridized carbons (Fsp3) is 0.231. The third kappa shape index (κ3) is 5.06. The number of benzene rings is 3. The molecule has 1 aliphatic rings. The van der Waals surface area contributed by atoms with Gasteiger partial charge in [0.25, 0.3) is 5.91 Å². The third-order valence-corrected chi connectivity index (χ3v) is 6.45. The van der Waals surface area contributed by atoms with E-state index in [2.05, 4.69) is 6.07 Å². The SMILES string of the molecule is CN(C)C(=O)c1cccc(-c2ccc3c(c2)CN(C(=O)C(N)Cc2ccc(Cl)cc2Cl)C3)c1. The summed E-state index contributed by atoms with van der Waals surface area (Å²) in [5.74, 6) is -0.151. The van der Waals surface area contributed by atoms with E-state index < -0.39 is 6.04 Å². The molecule has 33 heavy (non-hydrogen) atoms. The highest BCUT2D eigenvalue weighted by Gasteiger charge is 2.28. The van der Waals surface area contributed by atoms with Gasteiger partial charge in [-0.2, -0.15) is 0 Å². The van der Waals surface area contributed by atoms with Crippen LogP contribution in [0.3, 0.4) is 0 Å². The van der Waals surface area contributed by atoms with Gasteiger partial charge in [-0.3, -0.25) is 9.59 Å². The summed E-state index contributed by atoms with van der Waals surface area (Å²) in [5, 5.41) is 1.06. The Bertz CT molecular complexity index is 1230. The van der Waals surface area contributed by atoms with Crippen molar-refractivity contribution in [2.75, 3.05) is 14.1 Å². The maximum atomic E-state index is 13.0. The fourth-order valence-corrected chi connectivity index (χ4v) is 4.55. The second-order valence-electron chi connectivity index (χ2n) is 8.50. The summed E-state index contributed by atoms with van der Waals surface area (Å²) in [7, 11) is 3.48. The number of nitrogens with zero attached hydrogens (tertiary/aromatic N) is 2. The van der Waals surface area contributed by atoms with Gasteiger partial charge in [0.2, 0.25) is 5.91 Å². The van der Waals surface area contributed by atoms with E-state index in [0.29, 0.717) is 35.1 Å². The lowest BCUT2D eigenvalue weighted by Gasteiger charge is -2.20. The van der Waals surface area contributed by atoms with Crippen LogP contribution in [0.2, 0.25) is 10.0 Å². The van der Waals surface area contributed by atoms with Gasteiger partial charge in [0.1, 0.15) is 0 Å². The monoisotopic (exact) mass is 481 g/mol. The first-order valence-corrected chi connectivity index (χ1v) is 11.4. The summed E-state index contributed by atoms with van der Waals surface area (Å²) < 4.78 is 0. The van der Waals surface area contributed by atoms with Gasteiger partial charge in [-0.25, -0.2) is 0 Å². The average molecular weight is 482 g/mol. The minimum absolute atomic E-state index is 0.0374. The zero-order chi connectivity index (χ0) is 23.7. The van der Waals surface area contributed by atoms with E-state index in [1.54, 1.807) is 42.1 Å². The van der Waals surface area contributed by atoms with Gasteiger partial charge in [-0.15, -0.1) is 0 Å². The first kappa shape index (κ1) is 23.3. The molecule has 0 saturated carbocycles. The molecule has 0 aliphatic carbocycles. The predicted octanol–water partition coefficient (Wildman–Crippen LogP) is 4.77. The van der Waals surface area contributed by atoms with Crippen molar-refractivity contribution in [3.05, 3.63) is 93.0 Å². The standard InChI is InChI=1S/C26H25Cl2N3O2/c1-30(2)25(32)19-5-3-4-16(10-19)17-6-7-20-14-31(15-21(20)11-17)26(33)24(29)12-18-8-9-22(27)13-23(18)28/h3-11,13,24H,12,14-15,29H2,1-2H3. The second kappa shape index (κ2) is 9.56.